The summed E-state index contributed by atoms with van der Waals surface area (Å²) in [5.74, 6) is -1.51. The van der Waals surface area contributed by atoms with Crippen molar-refractivity contribution in [2.75, 3.05) is 44.7 Å². The highest BCUT2D eigenvalue weighted by Gasteiger charge is 2.25. The minimum Gasteiger partial charge on any atom is -0.505 e. The molecule has 280 valence electrons. The number of ether oxygens (including phenoxy) is 2. The summed E-state index contributed by atoms with van der Waals surface area (Å²) in [6, 6.07) is 10.9. The number of phenols is 1. The van der Waals surface area contributed by atoms with Crippen LogP contribution >= 0.6 is 0 Å². The quantitative estimate of drug-likeness (QED) is 0.0729. The summed E-state index contributed by atoms with van der Waals surface area (Å²) in [5, 5.41) is 27.2. The standard InChI is InChI=1S/C29H31N5O14S4/c1-17-14-18-15-24(51(40,41)42)28(34-31-19-4-6-20(7-5-19)49(36,37)13-11-48-52(43,44)45)26(30)25(18)29(35)27(17)33-32-22-16-21(8-9-23(22)47-3)50(38,39)12-10-46-2/h4-9,14-16,35H,10-13,30H2,1-3H3,(H,40,41,42)(H,43,44,45)/b33-32+,34-31+. The minimum atomic E-state index is -4.99. The van der Waals surface area contributed by atoms with Gasteiger partial charge in [-0.2, -0.15) is 21.9 Å². The molecule has 23 heteroatoms. The number of sulfone groups is 2. The second kappa shape index (κ2) is 15.5. The third kappa shape index (κ3) is 9.43. The first-order valence-electron chi connectivity index (χ1n) is 14.4. The van der Waals surface area contributed by atoms with E-state index in [2.05, 4.69) is 24.6 Å². The van der Waals surface area contributed by atoms with Crippen LogP contribution in [0.25, 0.3) is 10.8 Å². The smallest absolute Gasteiger partial charge is 0.397 e. The van der Waals surface area contributed by atoms with E-state index in [1.807, 2.05) is 0 Å². The van der Waals surface area contributed by atoms with Crippen LogP contribution in [0.4, 0.5) is 28.4 Å². The maximum absolute atomic E-state index is 12.7. The lowest BCUT2D eigenvalue weighted by atomic mass is 10.0. The van der Waals surface area contributed by atoms with Crippen LogP contribution in [0.5, 0.6) is 11.5 Å². The van der Waals surface area contributed by atoms with Crippen LogP contribution in [-0.4, -0.2) is 86.8 Å². The molecule has 0 unspecified atom stereocenters. The number of hydrogen-bond donors (Lipinski definition) is 4. The van der Waals surface area contributed by atoms with E-state index in [0.717, 1.165) is 18.2 Å². The summed E-state index contributed by atoms with van der Waals surface area (Å²) in [4.78, 5) is -1.13. The van der Waals surface area contributed by atoms with E-state index < -0.39 is 74.6 Å². The van der Waals surface area contributed by atoms with Crippen molar-refractivity contribution in [1.82, 2.24) is 0 Å². The molecular weight excluding hydrogens is 771 g/mol. The Kier molecular flexibility index (Phi) is 12.0. The third-order valence-electron chi connectivity index (χ3n) is 7.19. The number of azo groups is 2. The first-order chi connectivity index (χ1) is 24.2. The molecule has 0 aliphatic carbocycles. The molecule has 0 heterocycles. The summed E-state index contributed by atoms with van der Waals surface area (Å²) in [6.07, 6.45) is 0. The predicted octanol–water partition coefficient (Wildman–Crippen LogP) is 4.54. The van der Waals surface area contributed by atoms with Crippen LogP contribution in [0.15, 0.2) is 89.7 Å². The van der Waals surface area contributed by atoms with Gasteiger partial charge in [0, 0.05) is 7.11 Å². The van der Waals surface area contributed by atoms with E-state index in [1.54, 1.807) is 0 Å². The van der Waals surface area contributed by atoms with Gasteiger partial charge >= 0.3 is 10.4 Å². The van der Waals surface area contributed by atoms with Crippen LogP contribution < -0.4 is 10.5 Å². The maximum atomic E-state index is 12.7. The van der Waals surface area contributed by atoms with Crippen molar-refractivity contribution in [3.8, 4) is 11.5 Å². The van der Waals surface area contributed by atoms with Gasteiger partial charge < -0.3 is 20.3 Å². The molecule has 5 N–H and O–H groups in total. The minimum absolute atomic E-state index is 0.00525. The molecule has 4 aromatic carbocycles. The van der Waals surface area contributed by atoms with Gasteiger partial charge in [0.2, 0.25) is 0 Å². The number of methoxy groups -OCH3 is 2. The molecule has 0 bridgehead atoms. The fourth-order valence-electron chi connectivity index (χ4n) is 4.65. The van der Waals surface area contributed by atoms with E-state index >= 15 is 0 Å². The normalized spacial score (nSPS) is 13.0. The predicted molar refractivity (Wildman–Crippen MR) is 186 cm³/mol. The molecule has 52 heavy (non-hydrogen) atoms. The number of anilines is 1. The SMILES string of the molecule is COCCS(=O)(=O)c1ccc(OC)c(/N=N/c2c(C)cc3cc(S(=O)(=O)O)c(/N=N/c4ccc(S(=O)(=O)CCOS(=O)(=O)O)cc4)c(N)c3c2O)c1. The number of nitrogens with zero attached hydrogens (tertiary/aromatic N) is 4. The van der Waals surface area contributed by atoms with Crippen LogP contribution in [0, 0.1) is 6.92 Å². The lowest BCUT2D eigenvalue weighted by molar-refractivity contribution is 0.217. The lowest BCUT2D eigenvalue weighted by Crippen LogP contribution is -2.15. The number of rotatable bonds is 15. The van der Waals surface area contributed by atoms with Gasteiger partial charge in [-0.1, -0.05) is 0 Å². The summed E-state index contributed by atoms with van der Waals surface area (Å²) < 4.78 is 129. The fraction of sp³-hybridized carbons (Fsp3) is 0.241. The number of nitrogens with two attached hydrogens (primary N) is 1. The van der Waals surface area contributed by atoms with Crippen molar-refractivity contribution in [1.29, 1.82) is 0 Å². The molecular formula is C29H31N5O14S4. The van der Waals surface area contributed by atoms with Crippen molar-refractivity contribution >= 4 is 79.4 Å². The van der Waals surface area contributed by atoms with Gasteiger partial charge in [-0.05, 0) is 72.5 Å². The van der Waals surface area contributed by atoms with Crippen molar-refractivity contribution < 1.29 is 61.5 Å². The van der Waals surface area contributed by atoms with Gasteiger partial charge in [0.25, 0.3) is 10.1 Å². The van der Waals surface area contributed by atoms with Gasteiger partial charge in [0.15, 0.2) is 25.4 Å². The Labute approximate surface area is 298 Å². The molecule has 0 radical (unpaired) electrons. The summed E-state index contributed by atoms with van der Waals surface area (Å²) in [5.41, 5.74) is 5.37. The number of aromatic hydroxyl groups is 1. The Morgan fingerprint density at radius 1 is 0.731 bits per heavy atom. The van der Waals surface area contributed by atoms with Crippen LogP contribution in [0.2, 0.25) is 0 Å². The van der Waals surface area contributed by atoms with Gasteiger partial charge in [0.1, 0.15) is 27.7 Å². The van der Waals surface area contributed by atoms with Crippen molar-refractivity contribution in [3.63, 3.8) is 0 Å². The molecule has 0 saturated heterocycles. The Morgan fingerprint density at radius 3 is 1.92 bits per heavy atom. The van der Waals surface area contributed by atoms with Gasteiger partial charge in [0.05, 0.1) is 58.4 Å². The van der Waals surface area contributed by atoms with Crippen molar-refractivity contribution in [3.05, 3.63) is 60.2 Å². The molecule has 0 fully saturated rings. The average Bonchev–Trinajstić information content (AvgIpc) is 3.05. The molecule has 0 aliphatic rings. The number of aryl methyl sites for hydroxylation is 1. The summed E-state index contributed by atoms with van der Waals surface area (Å²) >= 11 is 0. The number of hydrogen-bond acceptors (Lipinski definition) is 17. The zero-order valence-corrected chi connectivity index (χ0v) is 30.6. The Bertz CT molecular complexity index is 2520. The summed E-state index contributed by atoms with van der Waals surface area (Å²) in [7, 11) is -15.0. The zero-order valence-electron chi connectivity index (χ0n) is 27.4. The van der Waals surface area contributed by atoms with E-state index in [1.165, 1.54) is 57.5 Å². The number of phenolic OH excluding ortho intramolecular Hbond substituents is 1. The second-order valence-corrected chi connectivity index (χ2v) is 17.4. The van der Waals surface area contributed by atoms with Gasteiger partial charge in [-0.25, -0.2) is 21.0 Å². The lowest BCUT2D eigenvalue weighted by Gasteiger charge is -2.14. The van der Waals surface area contributed by atoms with E-state index in [0.29, 0.717) is 0 Å². The van der Waals surface area contributed by atoms with Crippen molar-refractivity contribution in [2.45, 2.75) is 21.6 Å². The van der Waals surface area contributed by atoms with Crippen LogP contribution in [-0.2, 0) is 49.1 Å². The first kappa shape index (κ1) is 40.2. The average molecular weight is 802 g/mol. The highest BCUT2D eigenvalue weighted by molar-refractivity contribution is 7.91. The highest BCUT2D eigenvalue weighted by atomic mass is 32.3. The largest absolute Gasteiger partial charge is 0.505 e. The van der Waals surface area contributed by atoms with Crippen LogP contribution in [0.3, 0.4) is 0 Å². The topological polar surface area (TPSA) is 300 Å². The van der Waals surface area contributed by atoms with Gasteiger partial charge in [-0.15, -0.1) is 15.3 Å². The highest BCUT2D eigenvalue weighted by Crippen LogP contribution is 2.47. The van der Waals surface area contributed by atoms with E-state index in [-0.39, 0.29) is 61.3 Å². The molecule has 0 spiro atoms. The summed E-state index contributed by atoms with van der Waals surface area (Å²) in [6.45, 7) is 0.617. The van der Waals surface area contributed by atoms with E-state index in [4.69, 9.17) is 19.8 Å². The molecule has 0 saturated carbocycles. The number of nitrogen functional groups attached to an aromatic ring is 1. The Balaban J connectivity index is 1.77. The van der Waals surface area contributed by atoms with Crippen LogP contribution in [0.1, 0.15) is 5.56 Å². The first-order valence-corrected chi connectivity index (χ1v) is 20.5. The molecule has 0 atom stereocenters. The van der Waals surface area contributed by atoms with Crippen molar-refractivity contribution in [2.24, 2.45) is 20.5 Å². The molecule has 0 aromatic heterocycles. The third-order valence-corrected chi connectivity index (χ3v) is 11.9. The Hall–Kier alpha value is -4.62. The molecule has 4 aromatic rings. The van der Waals surface area contributed by atoms with Gasteiger partial charge in [-0.3, -0.25) is 9.11 Å². The van der Waals surface area contributed by atoms with E-state index in [9.17, 15) is 43.3 Å². The second-order valence-electron chi connectivity index (χ2n) is 10.7. The monoisotopic (exact) mass is 801 g/mol. The molecule has 19 nitrogen and oxygen atoms in total. The molecule has 4 rings (SSSR count). The number of benzene rings is 4. The Morgan fingerprint density at radius 2 is 1.33 bits per heavy atom. The molecule has 0 aliphatic heterocycles. The molecule has 0 amide bonds. The number of fused-ring (bicyclic) bond motifs is 1. The zero-order chi connectivity index (χ0) is 38.6. The maximum Gasteiger partial charge on any atom is 0.397 e. The fourth-order valence-corrected chi connectivity index (χ4v) is 8.00.